The molecule has 0 aliphatic rings. The maximum atomic E-state index is 2.18. The third kappa shape index (κ3) is 392. The number of hydrogen-bond acceptors (Lipinski definition) is 0. The summed E-state index contributed by atoms with van der Waals surface area (Å²) in [6.07, 6.45) is 2.64. The van der Waals surface area contributed by atoms with Crippen molar-refractivity contribution in [1.82, 2.24) is 0 Å². The molecule has 0 saturated heterocycles. The average molecular weight is 148 g/mol. The lowest BCUT2D eigenvalue weighted by Crippen LogP contribution is -1.47. The largest absolute Gasteiger partial charge is 0.0683 e. The monoisotopic (exact) mass is 148 g/mol. The zero-order chi connectivity index (χ0) is 9.41. The summed E-state index contributed by atoms with van der Waals surface area (Å²) >= 11 is 0. The van der Waals surface area contributed by atoms with Crippen LogP contribution in [-0.4, -0.2) is 0 Å². The predicted octanol–water partition coefficient (Wildman–Crippen LogP) is 4.89. The fourth-order valence-electron chi connectivity index (χ4n) is 0. The van der Waals surface area contributed by atoms with Gasteiger partial charge in [-0.05, 0) is 0 Å². The molecule has 0 heteroatoms. The molecule has 0 heterocycles. The van der Waals surface area contributed by atoms with Gasteiger partial charge in [-0.25, -0.2) is 0 Å². The van der Waals surface area contributed by atoms with E-state index < -0.39 is 0 Å². The molecule has 0 unspecified atom stereocenters. The first-order valence-electron chi connectivity index (χ1n) is 4.91. The number of unbranched alkanes of at least 4 members (excludes halogenated alkanes) is 1. The van der Waals surface area contributed by atoms with Crippen molar-refractivity contribution in [2.45, 2.75) is 68.2 Å². The van der Waals surface area contributed by atoms with E-state index in [9.17, 15) is 0 Å². The van der Waals surface area contributed by atoms with Crippen LogP contribution in [0.2, 0.25) is 0 Å². The fraction of sp³-hybridized carbons (Fsp3) is 1.00. The Hall–Kier alpha value is 0. The average Bonchev–Trinajstić information content (AvgIpc) is 2.14. The smallest absolute Gasteiger partial charge is 0.0564 e. The molecule has 0 saturated carbocycles. The van der Waals surface area contributed by atoms with Gasteiger partial charge in [0.05, 0.1) is 0 Å². The second kappa shape index (κ2) is 144. The molecule has 68 valence electrons. The van der Waals surface area contributed by atoms with Gasteiger partial charge >= 0.3 is 0 Å². The van der Waals surface area contributed by atoms with Gasteiger partial charge in [-0.3, -0.25) is 0 Å². The molecule has 0 nitrogen and oxygen atoms in total. The Morgan fingerprint density at radius 2 is 0.600 bits per heavy atom. The van der Waals surface area contributed by atoms with Crippen LogP contribution in [0.15, 0.2) is 0 Å². The molecule has 0 N–H and O–H groups in total. The van der Waals surface area contributed by atoms with E-state index in [2.05, 4.69) is 13.8 Å². The van der Waals surface area contributed by atoms with Gasteiger partial charge in [-0.15, -0.1) is 0 Å². The van der Waals surface area contributed by atoms with Crippen LogP contribution in [0.3, 0.4) is 0 Å². The normalized spacial score (nSPS) is 4.80. The van der Waals surface area contributed by atoms with Crippen molar-refractivity contribution in [3.8, 4) is 0 Å². The second-order valence-electron chi connectivity index (χ2n) is 1.000. The van der Waals surface area contributed by atoms with E-state index in [0.29, 0.717) is 0 Å². The predicted molar refractivity (Wildman–Crippen MR) is 54.6 cm³/mol. The van der Waals surface area contributed by atoms with Gasteiger partial charge in [0.15, 0.2) is 0 Å². The van der Waals surface area contributed by atoms with Crippen LogP contribution in [-0.2, 0) is 0 Å². The van der Waals surface area contributed by atoms with Gasteiger partial charge in [0, 0.05) is 0 Å². The highest BCUT2D eigenvalue weighted by Crippen LogP contribution is 1.76. The Bertz CT molecular complexity index is 2.00. The lowest BCUT2D eigenvalue weighted by Gasteiger charge is -1.68. The highest BCUT2D eigenvalue weighted by molar-refractivity contribution is 4.12. The molecule has 0 rings (SSSR count). The Kier molecular flexibility index (Phi) is 324. The molecule has 0 aromatic rings. The summed E-state index contributed by atoms with van der Waals surface area (Å²) in [5.41, 5.74) is 0. The molecule has 10 heavy (non-hydrogen) atoms. The highest BCUT2D eigenvalue weighted by atomic mass is 13.6. The van der Waals surface area contributed by atoms with E-state index in [-0.39, 0.29) is 0 Å². The van der Waals surface area contributed by atoms with Gasteiger partial charge in [-0.1, -0.05) is 68.2 Å². The summed E-state index contributed by atoms with van der Waals surface area (Å²) < 4.78 is 0. The second-order valence-corrected chi connectivity index (χ2v) is 1.000. The summed E-state index contributed by atoms with van der Waals surface area (Å²) in [5.74, 6) is 0. The number of hydrogen-bond donors (Lipinski definition) is 0. The van der Waals surface area contributed by atoms with Gasteiger partial charge < -0.3 is 0 Å². The summed E-state index contributed by atoms with van der Waals surface area (Å²) in [6.45, 7) is 16.4. The van der Waals surface area contributed by atoms with Crippen LogP contribution < -0.4 is 0 Å². The van der Waals surface area contributed by atoms with Crippen molar-refractivity contribution in [3.63, 3.8) is 0 Å². The molecule has 0 aliphatic carbocycles. The first-order chi connectivity index (χ1) is 4.91. The van der Waals surface area contributed by atoms with Crippen molar-refractivity contribution >= 4 is 0 Å². The molecular formula is C10H28. The maximum Gasteiger partial charge on any atom is -0.0564 e. The van der Waals surface area contributed by atoms with Crippen molar-refractivity contribution in [2.24, 2.45) is 0 Å². The summed E-state index contributed by atoms with van der Waals surface area (Å²) in [4.78, 5) is 0. The highest BCUT2D eigenvalue weighted by Gasteiger charge is 1.56. The third-order valence-corrected chi connectivity index (χ3v) is 0.500. The van der Waals surface area contributed by atoms with Gasteiger partial charge in [0.2, 0.25) is 0 Å². The van der Waals surface area contributed by atoms with Gasteiger partial charge in [0.25, 0.3) is 0 Å². The summed E-state index contributed by atoms with van der Waals surface area (Å²) in [6, 6.07) is 0. The van der Waals surface area contributed by atoms with Crippen LogP contribution in [0, 0.1) is 0 Å². The van der Waals surface area contributed by atoms with Crippen LogP contribution in [0.5, 0.6) is 0 Å². The molecule has 0 atom stereocenters. The molecule has 0 aliphatic heterocycles. The molecule has 0 amide bonds. The minimum Gasteiger partial charge on any atom is -0.0683 e. The molecule has 0 aromatic heterocycles. The van der Waals surface area contributed by atoms with Gasteiger partial charge in [-0.2, -0.15) is 0 Å². The zero-order valence-corrected chi connectivity index (χ0v) is 9.41. The SMILES string of the molecule is CC.CC.CC.CCCC. The summed E-state index contributed by atoms with van der Waals surface area (Å²) in [7, 11) is 0. The lowest BCUT2D eigenvalue weighted by atomic mass is 10.4. The van der Waals surface area contributed by atoms with E-state index in [1.807, 2.05) is 41.5 Å². The van der Waals surface area contributed by atoms with Crippen LogP contribution in [0.4, 0.5) is 0 Å². The van der Waals surface area contributed by atoms with E-state index in [1.165, 1.54) is 12.8 Å². The van der Waals surface area contributed by atoms with Crippen LogP contribution in [0.25, 0.3) is 0 Å². The molecule has 0 aromatic carbocycles. The lowest BCUT2D eigenvalue weighted by molar-refractivity contribution is 0.886. The van der Waals surface area contributed by atoms with Crippen LogP contribution in [0.1, 0.15) is 68.2 Å². The molecular weight excluding hydrogens is 120 g/mol. The first-order valence-corrected chi connectivity index (χ1v) is 4.91. The third-order valence-electron chi connectivity index (χ3n) is 0.500. The molecule has 0 fully saturated rings. The molecule has 0 bridgehead atoms. The van der Waals surface area contributed by atoms with E-state index in [0.717, 1.165) is 0 Å². The quantitative estimate of drug-likeness (QED) is 0.497. The van der Waals surface area contributed by atoms with E-state index in [4.69, 9.17) is 0 Å². The standard InChI is InChI=1S/C4H10.3C2H6/c1-3-4-2;3*1-2/h3-4H2,1-2H3;3*1-2H3. The fourth-order valence-corrected chi connectivity index (χ4v) is 0. The van der Waals surface area contributed by atoms with E-state index >= 15 is 0 Å². The van der Waals surface area contributed by atoms with Crippen molar-refractivity contribution in [3.05, 3.63) is 0 Å². The van der Waals surface area contributed by atoms with E-state index in [1.54, 1.807) is 0 Å². The summed E-state index contributed by atoms with van der Waals surface area (Å²) in [5, 5.41) is 0. The maximum absolute atomic E-state index is 2.18. The topological polar surface area (TPSA) is 0 Å². The van der Waals surface area contributed by atoms with Crippen molar-refractivity contribution in [2.75, 3.05) is 0 Å². The molecule has 0 radical (unpaired) electrons. The van der Waals surface area contributed by atoms with Crippen molar-refractivity contribution < 1.29 is 0 Å². The zero-order valence-electron chi connectivity index (χ0n) is 9.41. The van der Waals surface area contributed by atoms with Crippen molar-refractivity contribution in [1.29, 1.82) is 0 Å². The Morgan fingerprint density at radius 3 is 0.600 bits per heavy atom. The minimum atomic E-state index is 1.32. The minimum absolute atomic E-state index is 1.32. The Labute approximate surface area is 69.0 Å². The van der Waals surface area contributed by atoms with Crippen LogP contribution >= 0.6 is 0 Å². The van der Waals surface area contributed by atoms with Gasteiger partial charge in [0.1, 0.15) is 0 Å². The molecule has 0 spiro atoms. The first kappa shape index (κ1) is 22.5. The number of rotatable bonds is 1. The Balaban J connectivity index is -0.0000000262. The Morgan fingerprint density at radius 1 is 0.500 bits per heavy atom.